The first-order valence-electron chi connectivity index (χ1n) is 9.26. The summed E-state index contributed by atoms with van der Waals surface area (Å²) in [5.74, 6) is 2.69. The molecule has 1 heterocycles. The highest BCUT2D eigenvalue weighted by molar-refractivity contribution is 5.80. The Hall–Kier alpha value is -1.26. The number of esters is 1. The minimum absolute atomic E-state index is 0.0357. The summed E-state index contributed by atoms with van der Waals surface area (Å²) in [4.78, 5) is 18.5. The van der Waals surface area contributed by atoms with E-state index in [4.69, 9.17) is 4.74 Å². The molecule has 1 saturated carbocycles. The maximum Gasteiger partial charge on any atom is 0.309 e. The molecule has 0 aromatic heterocycles. The number of hydrogen-bond acceptors (Lipinski definition) is 3. The largest absolute Gasteiger partial charge is 0.466 e. The van der Waals surface area contributed by atoms with Gasteiger partial charge in [-0.25, -0.2) is 0 Å². The highest BCUT2D eigenvalue weighted by Gasteiger charge is 2.27. The van der Waals surface area contributed by atoms with E-state index in [2.05, 4.69) is 22.1 Å². The van der Waals surface area contributed by atoms with Crippen molar-refractivity contribution >= 4 is 11.9 Å². The SMILES string of the molecule is CCOC(=O)C1CCN(C(=NC)NCC2CCC(C)CC2)CC1. The second-order valence-electron chi connectivity index (χ2n) is 7.07. The molecule has 5 heteroatoms. The normalized spacial score (nSPS) is 26.9. The molecule has 1 saturated heterocycles. The molecule has 132 valence electrons. The molecular formula is C18H33N3O2. The Morgan fingerprint density at radius 2 is 1.83 bits per heavy atom. The molecule has 0 aromatic rings. The van der Waals surface area contributed by atoms with Gasteiger partial charge in [0, 0.05) is 26.7 Å². The highest BCUT2D eigenvalue weighted by atomic mass is 16.5. The van der Waals surface area contributed by atoms with Crippen molar-refractivity contribution < 1.29 is 9.53 Å². The number of carbonyl (C=O) groups is 1. The van der Waals surface area contributed by atoms with E-state index in [0.29, 0.717) is 6.61 Å². The zero-order valence-corrected chi connectivity index (χ0v) is 15.0. The number of nitrogens with zero attached hydrogens (tertiary/aromatic N) is 2. The molecule has 2 aliphatic rings. The van der Waals surface area contributed by atoms with E-state index in [1.807, 2.05) is 14.0 Å². The third kappa shape index (κ3) is 5.40. The lowest BCUT2D eigenvalue weighted by molar-refractivity contribution is -0.149. The lowest BCUT2D eigenvalue weighted by atomic mass is 9.83. The van der Waals surface area contributed by atoms with Gasteiger partial charge < -0.3 is 15.0 Å². The molecule has 0 amide bonds. The first-order chi connectivity index (χ1) is 11.1. The molecule has 5 nitrogen and oxygen atoms in total. The van der Waals surface area contributed by atoms with E-state index in [-0.39, 0.29) is 11.9 Å². The Labute approximate surface area is 140 Å². The van der Waals surface area contributed by atoms with Gasteiger partial charge in [0.1, 0.15) is 0 Å². The number of hydrogen-bond donors (Lipinski definition) is 1. The molecule has 0 spiro atoms. The Bertz CT molecular complexity index is 395. The average molecular weight is 323 g/mol. The maximum atomic E-state index is 11.8. The second kappa shape index (κ2) is 9.14. The molecule has 0 bridgehead atoms. The van der Waals surface area contributed by atoms with Crippen molar-refractivity contribution in [2.75, 3.05) is 33.3 Å². The van der Waals surface area contributed by atoms with Crippen LogP contribution >= 0.6 is 0 Å². The summed E-state index contributed by atoms with van der Waals surface area (Å²) < 4.78 is 5.14. The Morgan fingerprint density at radius 3 is 2.39 bits per heavy atom. The molecule has 23 heavy (non-hydrogen) atoms. The van der Waals surface area contributed by atoms with Gasteiger partial charge >= 0.3 is 5.97 Å². The summed E-state index contributed by atoms with van der Waals surface area (Å²) in [6.07, 6.45) is 7.10. The number of likely N-dealkylation sites (tertiary alicyclic amines) is 1. The van der Waals surface area contributed by atoms with E-state index in [1.54, 1.807) is 0 Å². The topological polar surface area (TPSA) is 53.9 Å². The van der Waals surface area contributed by atoms with E-state index in [9.17, 15) is 4.79 Å². The standard InChI is InChI=1S/C18H33N3O2/c1-4-23-17(22)16-9-11-21(12-10-16)18(19-3)20-13-15-7-5-14(2)6-8-15/h14-16H,4-13H2,1-3H3,(H,19,20). The van der Waals surface area contributed by atoms with Crippen LogP contribution < -0.4 is 5.32 Å². The van der Waals surface area contributed by atoms with Crippen LogP contribution in [-0.4, -0.2) is 50.1 Å². The molecule has 1 aliphatic carbocycles. The van der Waals surface area contributed by atoms with E-state index in [1.165, 1.54) is 25.7 Å². The maximum absolute atomic E-state index is 11.8. The third-order valence-electron chi connectivity index (χ3n) is 5.31. The van der Waals surface area contributed by atoms with Gasteiger partial charge in [0.05, 0.1) is 12.5 Å². The van der Waals surface area contributed by atoms with Crippen LogP contribution in [0.15, 0.2) is 4.99 Å². The second-order valence-corrected chi connectivity index (χ2v) is 7.07. The summed E-state index contributed by atoms with van der Waals surface area (Å²) in [6, 6.07) is 0. The number of piperidine rings is 1. The minimum atomic E-state index is -0.0357. The van der Waals surface area contributed by atoms with Crippen LogP contribution in [0.1, 0.15) is 52.4 Å². The number of aliphatic imine (C=N–C) groups is 1. The van der Waals surface area contributed by atoms with Gasteiger partial charge in [-0.3, -0.25) is 9.79 Å². The third-order valence-corrected chi connectivity index (χ3v) is 5.31. The number of rotatable bonds is 4. The van der Waals surface area contributed by atoms with Crippen LogP contribution in [0.2, 0.25) is 0 Å². The van der Waals surface area contributed by atoms with E-state index >= 15 is 0 Å². The zero-order valence-electron chi connectivity index (χ0n) is 15.0. The van der Waals surface area contributed by atoms with Crippen molar-refractivity contribution in [2.45, 2.75) is 52.4 Å². The lowest BCUT2D eigenvalue weighted by Crippen LogP contribution is -2.47. The fraction of sp³-hybridized carbons (Fsp3) is 0.889. The molecule has 2 fully saturated rings. The fourth-order valence-corrected chi connectivity index (χ4v) is 3.69. The molecule has 0 atom stereocenters. The Morgan fingerprint density at radius 1 is 1.17 bits per heavy atom. The van der Waals surface area contributed by atoms with Crippen LogP contribution in [0, 0.1) is 17.8 Å². The van der Waals surface area contributed by atoms with Gasteiger partial charge in [-0.05, 0) is 44.4 Å². The van der Waals surface area contributed by atoms with Crippen molar-refractivity contribution in [1.29, 1.82) is 0 Å². The molecular weight excluding hydrogens is 290 g/mol. The minimum Gasteiger partial charge on any atom is -0.466 e. The van der Waals surface area contributed by atoms with E-state index < -0.39 is 0 Å². The van der Waals surface area contributed by atoms with E-state index in [0.717, 1.165) is 50.3 Å². The van der Waals surface area contributed by atoms with Crippen LogP contribution in [0.25, 0.3) is 0 Å². The molecule has 0 radical (unpaired) electrons. The van der Waals surface area contributed by atoms with Gasteiger partial charge in [-0.1, -0.05) is 19.8 Å². The van der Waals surface area contributed by atoms with Crippen molar-refractivity contribution in [3.63, 3.8) is 0 Å². The number of ether oxygens (including phenoxy) is 1. The van der Waals surface area contributed by atoms with Gasteiger partial charge in [0.25, 0.3) is 0 Å². The first kappa shape index (κ1) is 18.1. The average Bonchev–Trinajstić information content (AvgIpc) is 2.58. The Balaban J connectivity index is 1.73. The van der Waals surface area contributed by atoms with Crippen LogP contribution in [0.3, 0.4) is 0 Å². The van der Waals surface area contributed by atoms with Gasteiger partial charge in [-0.2, -0.15) is 0 Å². The van der Waals surface area contributed by atoms with Crippen molar-refractivity contribution in [3.8, 4) is 0 Å². The zero-order chi connectivity index (χ0) is 16.7. The predicted molar refractivity (Wildman–Crippen MR) is 93.4 cm³/mol. The van der Waals surface area contributed by atoms with Crippen LogP contribution in [0.5, 0.6) is 0 Å². The number of nitrogens with one attached hydrogen (secondary N) is 1. The molecule has 2 rings (SSSR count). The highest BCUT2D eigenvalue weighted by Crippen LogP contribution is 2.27. The number of carbonyl (C=O) groups excluding carboxylic acids is 1. The summed E-state index contributed by atoms with van der Waals surface area (Å²) in [6.45, 7) is 7.48. The van der Waals surface area contributed by atoms with Crippen molar-refractivity contribution in [1.82, 2.24) is 10.2 Å². The van der Waals surface area contributed by atoms with Gasteiger partial charge in [-0.15, -0.1) is 0 Å². The van der Waals surface area contributed by atoms with Crippen molar-refractivity contribution in [3.05, 3.63) is 0 Å². The summed E-state index contributed by atoms with van der Waals surface area (Å²) in [7, 11) is 1.85. The Kier molecular flexibility index (Phi) is 7.18. The molecule has 0 unspecified atom stereocenters. The monoisotopic (exact) mass is 323 g/mol. The summed E-state index contributed by atoms with van der Waals surface area (Å²) in [5.41, 5.74) is 0. The number of guanidine groups is 1. The van der Waals surface area contributed by atoms with Crippen molar-refractivity contribution in [2.24, 2.45) is 22.7 Å². The van der Waals surface area contributed by atoms with Gasteiger partial charge in [0.2, 0.25) is 0 Å². The van der Waals surface area contributed by atoms with Gasteiger partial charge in [0.15, 0.2) is 5.96 Å². The molecule has 1 N–H and O–H groups in total. The molecule has 0 aromatic carbocycles. The van der Waals surface area contributed by atoms with Crippen LogP contribution in [-0.2, 0) is 9.53 Å². The summed E-state index contributed by atoms with van der Waals surface area (Å²) in [5, 5.41) is 3.55. The quantitative estimate of drug-likeness (QED) is 0.491. The van der Waals surface area contributed by atoms with Crippen LogP contribution in [0.4, 0.5) is 0 Å². The fourth-order valence-electron chi connectivity index (χ4n) is 3.69. The first-order valence-corrected chi connectivity index (χ1v) is 9.26. The molecule has 1 aliphatic heterocycles. The predicted octanol–water partition coefficient (Wildman–Crippen LogP) is 2.66. The smallest absolute Gasteiger partial charge is 0.309 e. The summed E-state index contributed by atoms with van der Waals surface area (Å²) >= 11 is 0. The lowest BCUT2D eigenvalue weighted by Gasteiger charge is -2.34.